The molecule has 0 bridgehead atoms. The molecule has 0 spiro atoms. The van der Waals surface area contributed by atoms with Crippen molar-refractivity contribution in [2.45, 2.75) is 12.8 Å². The minimum atomic E-state index is -0.323. The molecule has 1 aliphatic rings. The summed E-state index contributed by atoms with van der Waals surface area (Å²) in [6.45, 7) is 1.57. The summed E-state index contributed by atoms with van der Waals surface area (Å²) < 4.78 is 4.94. The number of hydrogen-bond acceptors (Lipinski definition) is 3. The van der Waals surface area contributed by atoms with Crippen LogP contribution in [0.4, 0.5) is 4.79 Å². The molecule has 0 atom stereocenters. The van der Waals surface area contributed by atoms with Crippen LogP contribution in [0.25, 0.3) is 0 Å². The molecular weight excluding hydrogens is 188 g/mol. The van der Waals surface area contributed by atoms with Crippen LogP contribution in [0.3, 0.4) is 0 Å². The van der Waals surface area contributed by atoms with Gasteiger partial charge >= 0.3 is 6.09 Å². The van der Waals surface area contributed by atoms with Crippen LogP contribution in [0, 0.1) is 0 Å². The fourth-order valence-electron chi connectivity index (χ4n) is 1.13. The number of likely N-dealkylation sites (tertiary alicyclic amines) is 1. The molecule has 4 nitrogen and oxygen atoms in total. The molecule has 1 rings (SSSR count). The second kappa shape index (κ2) is 4.41. The highest BCUT2D eigenvalue weighted by molar-refractivity contribution is 7.80. The molecule has 0 radical (unpaired) electrons. The molecule has 0 aromatic heterocycles. The maximum absolute atomic E-state index is 11.3. The first-order valence-electron chi connectivity index (χ1n) is 4.29. The lowest BCUT2D eigenvalue weighted by atomic mass is 10.4. The highest BCUT2D eigenvalue weighted by Crippen LogP contribution is 2.09. The van der Waals surface area contributed by atoms with Crippen LogP contribution in [0.5, 0.6) is 0 Å². The summed E-state index contributed by atoms with van der Waals surface area (Å²) in [6, 6.07) is 0. The normalized spacial score (nSPS) is 15.7. The van der Waals surface area contributed by atoms with Crippen LogP contribution in [-0.4, -0.2) is 48.3 Å². The van der Waals surface area contributed by atoms with E-state index in [4.69, 9.17) is 17.0 Å². The van der Waals surface area contributed by atoms with E-state index in [1.165, 1.54) is 0 Å². The van der Waals surface area contributed by atoms with Gasteiger partial charge in [0.25, 0.3) is 5.17 Å². The highest BCUT2D eigenvalue weighted by Gasteiger charge is 2.20. The fraction of sp³-hybridized carbons (Fsp3) is 0.750. The maximum Gasteiger partial charge on any atom is 0.417 e. The zero-order valence-electron chi connectivity index (χ0n) is 7.95. The summed E-state index contributed by atoms with van der Waals surface area (Å²) >= 11 is 4.85. The smallest absolute Gasteiger partial charge is 0.382 e. The van der Waals surface area contributed by atoms with Crippen molar-refractivity contribution >= 4 is 23.5 Å². The van der Waals surface area contributed by atoms with E-state index in [2.05, 4.69) is 0 Å². The van der Waals surface area contributed by atoms with Crippen molar-refractivity contribution in [3.8, 4) is 0 Å². The molecule has 0 N–H and O–H groups in total. The zero-order valence-corrected chi connectivity index (χ0v) is 8.76. The average molecular weight is 202 g/mol. The topological polar surface area (TPSA) is 32.8 Å². The van der Waals surface area contributed by atoms with Gasteiger partial charge in [-0.25, -0.2) is 4.79 Å². The summed E-state index contributed by atoms with van der Waals surface area (Å²) in [5.74, 6) is 0. The Kier molecular flexibility index (Phi) is 3.48. The Hall–Kier alpha value is -0.840. The molecule has 0 aliphatic carbocycles. The number of rotatable bonds is 0. The number of hydrogen-bond donors (Lipinski definition) is 0. The second-order valence-electron chi connectivity index (χ2n) is 3.22. The first-order chi connectivity index (χ1) is 6.11. The largest absolute Gasteiger partial charge is 0.417 e. The Balaban J connectivity index is 2.36. The van der Waals surface area contributed by atoms with Crippen LogP contribution >= 0.6 is 12.2 Å². The Morgan fingerprint density at radius 1 is 1.38 bits per heavy atom. The SMILES string of the molecule is CN(C)C(=S)OC(=O)N1CCCC1. The number of carbonyl (C=O) groups is 1. The van der Waals surface area contributed by atoms with E-state index in [1.807, 2.05) is 0 Å². The fourth-order valence-corrected chi connectivity index (χ4v) is 1.20. The van der Waals surface area contributed by atoms with Crippen LogP contribution in [0.1, 0.15) is 12.8 Å². The van der Waals surface area contributed by atoms with Gasteiger partial charge < -0.3 is 14.5 Å². The van der Waals surface area contributed by atoms with E-state index in [1.54, 1.807) is 23.9 Å². The van der Waals surface area contributed by atoms with Crippen LogP contribution in [-0.2, 0) is 4.74 Å². The van der Waals surface area contributed by atoms with Gasteiger partial charge in [0.05, 0.1) is 0 Å². The summed E-state index contributed by atoms with van der Waals surface area (Å²) in [4.78, 5) is 14.6. The molecule has 1 aliphatic heterocycles. The predicted molar refractivity (Wildman–Crippen MR) is 53.6 cm³/mol. The van der Waals surface area contributed by atoms with Gasteiger partial charge in [-0.15, -0.1) is 0 Å². The Morgan fingerprint density at radius 3 is 2.38 bits per heavy atom. The minimum Gasteiger partial charge on any atom is -0.382 e. The van der Waals surface area contributed by atoms with Crippen molar-refractivity contribution in [1.82, 2.24) is 9.80 Å². The van der Waals surface area contributed by atoms with Gasteiger partial charge in [0, 0.05) is 27.2 Å². The number of carbonyl (C=O) groups excluding carboxylic acids is 1. The Labute approximate surface area is 83.4 Å². The summed E-state index contributed by atoms with van der Waals surface area (Å²) in [6.07, 6.45) is 1.80. The zero-order chi connectivity index (χ0) is 9.84. The van der Waals surface area contributed by atoms with Crippen LogP contribution in [0.15, 0.2) is 0 Å². The van der Waals surface area contributed by atoms with E-state index in [-0.39, 0.29) is 11.3 Å². The maximum atomic E-state index is 11.3. The minimum absolute atomic E-state index is 0.219. The molecule has 0 aromatic carbocycles. The molecular formula is C8H14N2O2S. The van der Waals surface area contributed by atoms with Gasteiger partial charge in [-0.05, 0) is 25.1 Å². The van der Waals surface area contributed by atoms with Gasteiger partial charge in [0.2, 0.25) is 0 Å². The molecule has 1 amide bonds. The van der Waals surface area contributed by atoms with Crippen molar-refractivity contribution in [1.29, 1.82) is 0 Å². The monoisotopic (exact) mass is 202 g/mol. The standard InChI is InChI=1S/C8H14N2O2S/c1-9(2)8(13)12-7(11)10-5-3-4-6-10/h3-6H2,1-2H3. The third-order valence-electron chi connectivity index (χ3n) is 1.90. The van der Waals surface area contributed by atoms with Gasteiger partial charge in [-0.2, -0.15) is 0 Å². The predicted octanol–water partition coefficient (Wildman–Crippen LogP) is 1.07. The van der Waals surface area contributed by atoms with E-state index in [0.717, 1.165) is 25.9 Å². The number of thiocarbonyl (C=S) groups is 1. The van der Waals surface area contributed by atoms with Crippen molar-refractivity contribution in [2.24, 2.45) is 0 Å². The molecule has 1 fully saturated rings. The lowest BCUT2D eigenvalue weighted by molar-refractivity contribution is 0.154. The number of amides is 1. The first-order valence-corrected chi connectivity index (χ1v) is 4.70. The van der Waals surface area contributed by atoms with E-state index in [9.17, 15) is 4.79 Å². The molecule has 13 heavy (non-hydrogen) atoms. The van der Waals surface area contributed by atoms with E-state index >= 15 is 0 Å². The number of nitrogens with zero attached hydrogens (tertiary/aromatic N) is 2. The molecule has 5 heteroatoms. The molecule has 1 heterocycles. The van der Waals surface area contributed by atoms with Crippen LogP contribution in [0.2, 0.25) is 0 Å². The van der Waals surface area contributed by atoms with E-state index < -0.39 is 0 Å². The van der Waals surface area contributed by atoms with Gasteiger partial charge in [0.15, 0.2) is 0 Å². The highest BCUT2D eigenvalue weighted by atomic mass is 32.1. The Morgan fingerprint density at radius 2 is 1.92 bits per heavy atom. The van der Waals surface area contributed by atoms with Crippen molar-refractivity contribution < 1.29 is 9.53 Å². The van der Waals surface area contributed by atoms with Crippen molar-refractivity contribution in [2.75, 3.05) is 27.2 Å². The van der Waals surface area contributed by atoms with Gasteiger partial charge in [0.1, 0.15) is 0 Å². The lowest BCUT2D eigenvalue weighted by Crippen LogP contribution is -2.34. The van der Waals surface area contributed by atoms with Crippen LogP contribution < -0.4 is 0 Å². The molecule has 1 saturated heterocycles. The molecule has 0 unspecified atom stereocenters. The third-order valence-corrected chi connectivity index (χ3v) is 2.35. The summed E-state index contributed by atoms with van der Waals surface area (Å²) in [7, 11) is 3.50. The average Bonchev–Trinajstić information content (AvgIpc) is 2.55. The quantitative estimate of drug-likeness (QED) is 0.550. The Bertz CT molecular complexity index is 212. The van der Waals surface area contributed by atoms with Crippen molar-refractivity contribution in [3.63, 3.8) is 0 Å². The summed E-state index contributed by atoms with van der Waals surface area (Å²) in [5.41, 5.74) is 0. The van der Waals surface area contributed by atoms with Gasteiger partial charge in [-0.1, -0.05) is 0 Å². The second-order valence-corrected chi connectivity index (χ2v) is 3.57. The molecule has 74 valence electrons. The first kappa shape index (κ1) is 10.2. The third kappa shape index (κ3) is 2.84. The summed E-state index contributed by atoms with van der Waals surface area (Å²) in [5, 5.41) is 0.219. The lowest BCUT2D eigenvalue weighted by Gasteiger charge is -2.18. The van der Waals surface area contributed by atoms with E-state index in [0.29, 0.717) is 0 Å². The molecule has 0 aromatic rings. The number of ether oxygens (including phenoxy) is 1. The molecule has 0 saturated carbocycles. The van der Waals surface area contributed by atoms with Crippen molar-refractivity contribution in [3.05, 3.63) is 0 Å². The van der Waals surface area contributed by atoms with Gasteiger partial charge in [-0.3, -0.25) is 0 Å².